The molecule has 4 aromatic rings. The Morgan fingerprint density at radius 2 is 1.62 bits per heavy atom. The molecule has 0 spiro atoms. The van der Waals surface area contributed by atoms with E-state index >= 15 is 0 Å². The highest BCUT2D eigenvalue weighted by atomic mass is 16.6. The maximum absolute atomic E-state index is 12.1. The van der Waals surface area contributed by atoms with Gasteiger partial charge < -0.3 is 14.4 Å². The number of methoxy groups -OCH3 is 1. The van der Waals surface area contributed by atoms with Gasteiger partial charge in [0.2, 0.25) is 5.75 Å². The van der Waals surface area contributed by atoms with Gasteiger partial charge in [0.1, 0.15) is 0 Å². The highest BCUT2D eigenvalue weighted by molar-refractivity contribution is 5.89. The van der Waals surface area contributed by atoms with Crippen LogP contribution in [0.2, 0.25) is 0 Å². The summed E-state index contributed by atoms with van der Waals surface area (Å²) in [5, 5.41) is 14.2. The van der Waals surface area contributed by atoms with Crippen LogP contribution in [0.5, 0.6) is 5.75 Å². The first-order valence-electron chi connectivity index (χ1n) is 12.1. The molecule has 0 aromatic heterocycles. The van der Waals surface area contributed by atoms with Crippen LogP contribution in [0.15, 0.2) is 78.9 Å². The van der Waals surface area contributed by atoms with Crippen LogP contribution >= 0.6 is 0 Å². The molecule has 4 rings (SSSR count). The summed E-state index contributed by atoms with van der Waals surface area (Å²) in [5.74, 6) is -0.137. The molecule has 7 heteroatoms. The van der Waals surface area contributed by atoms with Crippen molar-refractivity contribution in [2.45, 2.75) is 19.3 Å². The molecule has 0 unspecified atom stereocenters. The number of aryl methyl sites for hydroxylation is 1. The highest BCUT2D eigenvalue weighted by Crippen LogP contribution is 2.40. The van der Waals surface area contributed by atoms with Gasteiger partial charge in [0.05, 0.1) is 18.6 Å². The largest absolute Gasteiger partial charge is 0.486 e. The summed E-state index contributed by atoms with van der Waals surface area (Å²) in [4.78, 5) is 25.5. The third-order valence-corrected chi connectivity index (χ3v) is 6.32. The summed E-state index contributed by atoms with van der Waals surface area (Å²) < 4.78 is 10.9. The molecule has 0 amide bonds. The van der Waals surface area contributed by atoms with E-state index in [0.29, 0.717) is 24.0 Å². The number of nitro benzene ring substituents is 1. The van der Waals surface area contributed by atoms with Crippen LogP contribution in [0.1, 0.15) is 17.5 Å². The highest BCUT2D eigenvalue weighted by Gasteiger charge is 2.23. The minimum Gasteiger partial charge on any atom is -0.486 e. The van der Waals surface area contributed by atoms with E-state index in [1.54, 1.807) is 0 Å². The summed E-state index contributed by atoms with van der Waals surface area (Å²) in [7, 11) is 5.30. The molecular formula is C30H30N2O5. The lowest BCUT2D eigenvalue weighted by molar-refractivity contribution is -0.385. The fourth-order valence-electron chi connectivity index (χ4n) is 4.25. The number of carbonyl (C=O) groups excluding carboxylic acids is 1. The number of ether oxygens (including phenoxy) is 2. The molecule has 0 saturated heterocycles. The van der Waals surface area contributed by atoms with Gasteiger partial charge in [-0.2, -0.15) is 0 Å². The zero-order valence-corrected chi connectivity index (χ0v) is 21.3. The van der Waals surface area contributed by atoms with Crippen molar-refractivity contribution in [3.8, 4) is 16.9 Å². The summed E-state index contributed by atoms with van der Waals surface area (Å²) in [6.07, 6.45) is 1.06. The fourth-order valence-corrected chi connectivity index (χ4v) is 4.25. The first-order chi connectivity index (χ1) is 17.9. The number of nitrogens with zero attached hydrogens (tertiary/aromatic N) is 2. The average Bonchev–Trinajstić information content (AvgIpc) is 2.91. The SMILES string of the molecule is COC(=O)CCc1cc(-c2ccc3ccccc3c2)c(OCCc2ccc(N(C)C)cc2)c([N+](=O)[O-])c1. The van der Waals surface area contributed by atoms with Crippen LogP contribution in [0.25, 0.3) is 21.9 Å². The van der Waals surface area contributed by atoms with Crippen LogP contribution in [-0.4, -0.2) is 38.7 Å². The average molecular weight is 499 g/mol. The maximum Gasteiger partial charge on any atom is 0.311 e. The third kappa shape index (κ3) is 6.25. The van der Waals surface area contributed by atoms with E-state index in [1.165, 1.54) is 13.2 Å². The van der Waals surface area contributed by atoms with Crippen LogP contribution in [0, 0.1) is 10.1 Å². The van der Waals surface area contributed by atoms with E-state index in [9.17, 15) is 14.9 Å². The Hall–Kier alpha value is -4.39. The first-order valence-corrected chi connectivity index (χ1v) is 12.1. The summed E-state index contributed by atoms with van der Waals surface area (Å²) in [6.45, 7) is 0.282. The van der Waals surface area contributed by atoms with Crippen LogP contribution < -0.4 is 9.64 Å². The number of nitro groups is 1. The van der Waals surface area contributed by atoms with E-state index in [2.05, 4.69) is 0 Å². The van der Waals surface area contributed by atoms with E-state index in [1.807, 2.05) is 91.8 Å². The third-order valence-electron chi connectivity index (χ3n) is 6.32. The lowest BCUT2D eigenvalue weighted by atomic mass is 9.96. The number of hydrogen-bond donors (Lipinski definition) is 0. The van der Waals surface area contributed by atoms with E-state index < -0.39 is 4.92 Å². The first kappa shape index (κ1) is 25.7. The molecule has 0 fully saturated rings. The molecule has 0 saturated carbocycles. The zero-order chi connectivity index (χ0) is 26.4. The molecule has 0 bridgehead atoms. The minimum atomic E-state index is -0.423. The number of anilines is 1. The van der Waals surface area contributed by atoms with Gasteiger partial charge >= 0.3 is 11.7 Å². The molecule has 0 radical (unpaired) electrons. The van der Waals surface area contributed by atoms with Crippen LogP contribution in [0.3, 0.4) is 0 Å². The number of rotatable bonds is 10. The second kappa shape index (κ2) is 11.6. The molecule has 0 aliphatic rings. The molecule has 0 N–H and O–H groups in total. The Labute approximate surface area is 216 Å². The molecule has 4 aromatic carbocycles. The van der Waals surface area contributed by atoms with Crippen LogP contribution in [0.4, 0.5) is 11.4 Å². The van der Waals surface area contributed by atoms with Crippen molar-refractivity contribution in [1.29, 1.82) is 0 Å². The van der Waals surface area contributed by atoms with E-state index in [-0.39, 0.29) is 30.4 Å². The van der Waals surface area contributed by atoms with Gasteiger partial charge in [-0.15, -0.1) is 0 Å². The zero-order valence-electron chi connectivity index (χ0n) is 21.3. The number of carbonyl (C=O) groups is 1. The van der Waals surface area contributed by atoms with Gasteiger partial charge in [0.15, 0.2) is 0 Å². The lowest BCUT2D eigenvalue weighted by Crippen LogP contribution is -2.09. The van der Waals surface area contributed by atoms with Crippen molar-refractivity contribution in [2.75, 3.05) is 32.7 Å². The Morgan fingerprint density at radius 1 is 0.892 bits per heavy atom. The van der Waals surface area contributed by atoms with Crippen molar-refractivity contribution < 1.29 is 19.2 Å². The van der Waals surface area contributed by atoms with Crippen molar-refractivity contribution in [2.24, 2.45) is 0 Å². The standard InChI is InChI=1S/C30H30N2O5/c1-31(2)26-13-8-21(9-14-26)16-17-37-30-27(25-12-11-23-6-4-5-7-24(23)20-25)18-22(10-15-29(33)36-3)19-28(30)32(34)35/h4-9,11-14,18-20H,10,15-17H2,1-3H3. The van der Waals surface area contributed by atoms with Gasteiger partial charge in [-0.3, -0.25) is 14.9 Å². The van der Waals surface area contributed by atoms with Crippen molar-refractivity contribution >= 4 is 28.1 Å². The quantitative estimate of drug-likeness (QED) is 0.147. The predicted molar refractivity (Wildman–Crippen MR) is 146 cm³/mol. The van der Waals surface area contributed by atoms with Crippen molar-refractivity contribution in [1.82, 2.24) is 0 Å². The molecule has 0 aliphatic carbocycles. The Kier molecular flexibility index (Phi) is 8.03. The second-order valence-electron chi connectivity index (χ2n) is 9.05. The number of fused-ring (bicyclic) bond motifs is 1. The number of esters is 1. The topological polar surface area (TPSA) is 81.9 Å². The normalized spacial score (nSPS) is 10.8. The number of benzene rings is 4. The minimum absolute atomic E-state index is 0.117. The van der Waals surface area contributed by atoms with Gasteiger partial charge in [-0.1, -0.05) is 48.5 Å². The summed E-state index contributed by atoms with van der Waals surface area (Å²) >= 11 is 0. The maximum atomic E-state index is 12.1. The van der Waals surface area contributed by atoms with Crippen LogP contribution in [-0.2, 0) is 22.4 Å². The Bertz CT molecular complexity index is 1410. The molecule has 190 valence electrons. The molecule has 0 heterocycles. The molecule has 7 nitrogen and oxygen atoms in total. The monoisotopic (exact) mass is 498 g/mol. The fraction of sp³-hybridized carbons (Fsp3) is 0.233. The predicted octanol–water partition coefficient (Wildman–Crippen LogP) is 6.21. The lowest BCUT2D eigenvalue weighted by Gasteiger charge is -2.15. The van der Waals surface area contributed by atoms with E-state index in [0.717, 1.165) is 27.6 Å². The van der Waals surface area contributed by atoms with E-state index in [4.69, 9.17) is 9.47 Å². The summed E-state index contributed by atoms with van der Waals surface area (Å²) in [6, 6.07) is 25.4. The molecule has 37 heavy (non-hydrogen) atoms. The second-order valence-corrected chi connectivity index (χ2v) is 9.05. The molecular weight excluding hydrogens is 468 g/mol. The van der Waals surface area contributed by atoms with Gasteiger partial charge in [-0.05, 0) is 58.1 Å². The van der Waals surface area contributed by atoms with Gasteiger partial charge in [0, 0.05) is 44.3 Å². The summed E-state index contributed by atoms with van der Waals surface area (Å²) in [5.41, 5.74) is 4.17. The van der Waals surface area contributed by atoms with Gasteiger partial charge in [-0.25, -0.2) is 0 Å². The Balaban J connectivity index is 1.70. The molecule has 0 aliphatic heterocycles. The van der Waals surface area contributed by atoms with Crippen molar-refractivity contribution in [3.63, 3.8) is 0 Å². The van der Waals surface area contributed by atoms with Gasteiger partial charge in [0.25, 0.3) is 0 Å². The molecule has 0 atom stereocenters. The van der Waals surface area contributed by atoms with Crippen molar-refractivity contribution in [3.05, 3.63) is 100 Å². The smallest absolute Gasteiger partial charge is 0.311 e. The number of hydrogen-bond acceptors (Lipinski definition) is 6. The Morgan fingerprint density at radius 3 is 2.30 bits per heavy atom.